The van der Waals surface area contributed by atoms with Crippen LogP contribution in [0.4, 0.5) is 0 Å². The molecule has 0 radical (unpaired) electrons. The highest BCUT2D eigenvalue weighted by Crippen LogP contribution is 2.40. The Balaban J connectivity index is 1.74. The summed E-state index contributed by atoms with van der Waals surface area (Å²) in [5.74, 6) is 1.16. The van der Waals surface area contributed by atoms with Crippen LogP contribution in [0.2, 0.25) is 0 Å². The van der Waals surface area contributed by atoms with Gasteiger partial charge < -0.3 is 5.32 Å². The molecule has 3 aromatic rings. The highest BCUT2D eigenvalue weighted by atomic mass is 16.1. The maximum absolute atomic E-state index is 13.2. The van der Waals surface area contributed by atoms with Gasteiger partial charge in [-0.05, 0) is 56.7 Å². The molecule has 2 heterocycles. The molecule has 1 aliphatic carbocycles. The quantitative estimate of drug-likeness (QED) is 0.785. The van der Waals surface area contributed by atoms with Crippen LogP contribution in [0.15, 0.2) is 24.5 Å². The topological polar surface area (TPSA) is 72.7 Å². The Hall–Kier alpha value is -2.76. The molecule has 4 rings (SSSR count). The number of carbonyl (C=O) groups is 1. The number of nitrogens with zero attached hydrogens (tertiary/aromatic N) is 4. The summed E-state index contributed by atoms with van der Waals surface area (Å²) in [6.07, 6.45) is 3.74. The summed E-state index contributed by atoms with van der Waals surface area (Å²) in [5, 5.41) is 8.25. The van der Waals surface area contributed by atoms with Gasteiger partial charge in [-0.3, -0.25) is 14.5 Å². The number of aryl methyl sites for hydroxylation is 4. The smallest absolute Gasteiger partial charge is 0.252 e. The summed E-state index contributed by atoms with van der Waals surface area (Å²) in [7, 11) is 1.86. The van der Waals surface area contributed by atoms with E-state index in [9.17, 15) is 4.79 Å². The van der Waals surface area contributed by atoms with E-state index < -0.39 is 0 Å². The minimum atomic E-state index is -0.106. The normalized spacial score (nSPS) is 15.2. The summed E-state index contributed by atoms with van der Waals surface area (Å²) >= 11 is 0. The maximum atomic E-state index is 13.2. The predicted octanol–water partition coefficient (Wildman–Crippen LogP) is 3.17. The molecule has 6 nitrogen and oxygen atoms in total. The number of rotatable bonds is 4. The number of fused-ring (bicyclic) bond motifs is 1. The molecule has 1 N–H and O–H groups in total. The Labute approximate surface area is 152 Å². The van der Waals surface area contributed by atoms with E-state index in [2.05, 4.69) is 34.2 Å². The van der Waals surface area contributed by atoms with Crippen molar-refractivity contribution >= 4 is 16.8 Å². The van der Waals surface area contributed by atoms with E-state index in [-0.39, 0.29) is 11.9 Å². The molecule has 1 atom stereocenters. The minimum absolute atomic E-state index is 0.0800. The fourth-order valence-corrected chi connectivity index (χ4v) is 3.47. The van der Waals surface area contributed by atoms with E-state index in [1.165, 1.54) is 11.9 Å². The second kappa shape index (κ2) is 6.20. The van der Waals surface area contributed by atoms with Crippen molar-refractivity contribution in [3.05, 3.63) is 52.7 Å². The third-order valence-electron chi connectivity index (χ3n) is 5.28. The lowest BCUT2D eigenvalue weighted by molar-refractivity contribution is 0.0930. The second-order valence-electron chi connectivity index (χ2n) is 7.25. The van der Waals surface area contributed by atoms with Crippen molar-refractivity contribution in [3.8, 4) is 0 Å². The lowest BCUT2D eigenvalue weighted by atomic mass is 10.00. The largest absolute Gasteiger partial charge is 0.342 e. The molecule has 1 aromatic carbocycles. The van der Waals surface area contributed by atoms with Crippen LogP contribution < -0.4 is 5.32 Å². The van der Waals surface area contributed by atoms with Crippen LogP contribution in [0.5, 0.6) is 0 Å². The van der Waals surface area contributed by atoms with E-state index in [4.69, 9.17) is 0 Å². The lowest BCUT2D eigenvalue weighted by Gasteiger charge is -2.18. The second-order valence-corrected chi connectivity index (χ2v) is 7.25. The Morgan fingerprint density at radius 2 is 2.04 bits per heavy atom. The molecule has 2 aromatic heterocycles. The first kappa shape index (κ1) is 16.7. The first-order chi connectivity index (χ1) is 12.5. The first-order valence-corrected chi connectivity index (χ1v) is 8.98. The van der Waals surface area contributed by atoms with Crippen molar-refractivity contribution < 1.29 is 4.79 Å². The van der Waals surface area contributed by atoms with Gasteiger partial charge in [-0.15, -0.1) is 0 Å². The number of amides is 1. The number of benzene rings is 1. The van der Waals surface area contributed by atoms with Crippen LogP contribution in [0.3, 0.4) is 0 Å². The molecule has 1 amide bonds. The molecule has 26 heavy (non-hydrogen) atoms. The third kappa shape index (κ3) is 2.85. The average Bonchev–Trinajstić information content (AvgIpc) is 3.37. The van der Waals surface area contributed by atoms with Crippen molar-refractivity contribution in [1.29, 1.82) is 0 Å². The zero-order valence-corrected chi connectivity index (χ0v) is 15.6. The summed E-state index contributed by atoms with van der Waals surface area (Å²) < 4.78 is 1.74. The van der Waals surface area contributed by atoms with Crippen molar-refractivity contribution in [2.75, 3.05) is 0 Å². The van der Waals surface area contributed by atoms with Crippen LogP contribution >= 0.6 is 0 Å². The average molecular weight is 349 g/mol. The van der Waals surface area contributed by atoms with Gasteiger partial charge in [-0.1, -0.05) is 12.1 Å². The Kier molecular flexibility index (Phi) is 3.98. The minimum Gasteiger partial charge on any atom is -0.342 e. The molecule has 134 valence electrons. The number of hydrogen-bond donors (Lipinski definition) is 1. The Morgan fingerprint density at radius 1 is 1.27 bits per heavy atom. The SMILES string of the molecule is Cc1cc(C(=O)N[C@H](c2ncnn2C)C2CC2)c2ccc(C)c(C)c2n1. The van der Waals surface area contributed by atoms with E-state index in [1.807, 2.05) is 32.2 Å². The summed E-state index contributed by atoms with van der Waals surface area (Å²) in [5.41, 5.74) is 4.71. The molecular weight excluding hydrogens is 326 g/mol. The molecule has 1 saturated carbocycles. The highest BCUT2D eigenvalue weighted by Gasteiger charge is 2.36. The van der Waals surface area contributed by atoms with Gasteiger partial charge in [0.05, 0.1) is 17.1 Å². The van der Waals surface area contributed by atoms with E-state index in [1.54, 1.807) is 4.68 Å². The summed E-state index contributed by atoms with van der Waals surface area (Å²) in [6, 6.07) is 5.80. The zero-order chi connectivity index (χ0) is 18.4. The highest BCUT2D eigenvalue weighted by molar-refractivity contribution is 6.07. The van der Waals surface area contributed by atoms with Crippen LogP contribution in [0, 0.1) is 26.7 Å². The predicted molar refractivity (Wildman–Crippen MR) is 99.9 cm³/mol. The van der Waals surface area contributed by atoms with Gasteiger partial charge in [0.25, 0.3) is 5.91 Å². The lowest BCUT2D eigenvalue weighted by Crippen LogP contribution is -2.32. The van der Waals surface area contributed by atoms with Gasteiger partial charge in [-0.25, -0.2) is 4.98 Å². The van der Waals surface area contributed by atoms with Gasteiger partial charge in [0, 0.05) is 18.1 Å². The molecule has 0 saturated heterocycles. The van der Waals surface area contributed by atoms with Crippen LogP contribution in [0.25, 0.3) is 10.9 Å². The molecule has 0 unspecified atom stereocenters. The molecule has 1 fully saturated rings. The van der Waals surface area contributed by atoms with Crippen LogP contribution in [0.1, 0.15) is 51.9 Å². The van der Waals surface area contributed by atoms with Crippen molar-refractivity contribution in [2.24, 2.45) is 13.0 Å². The van der Waals surface area contributed by atoms with Crippen LogP contribution in [-0.4, -0.2) is 25.7 Å². The Morgan fingerprint density at radius 3 is 2.69 bits per heavy atom. The first-order valence-electron chi connectivity index (χ1n) is 8.98. The van der Waals surface area contributed by atoms with Gasteiger partial charge >= 0.3 is 0 Å². The molecule has 1 aliphatic rings. The molecule has 0 bridgehead atoms. The van der Waals surface area contributed by atoms with Crippen molar-refractivity contribution in [1.82, 2.24) is 25.1 Å². The van der Waals surface area contributed by atoms with Gasteiger partial charge in [0.15, 0.2) is 0 Å². The monoisotopic (exact) mass is 349 g/mol. The van der Waals surface area contributed by atoms with E-state index in [0.717, 1.165) is 40.8 Å². The van der Waals surface area contributed by atoms with E-state index >= 15 is 0 Å². The maximum Gasteiger partial charge on any atom is 0.252 e. The van der Waals surface area contributed by atoms with Gasteiger partial charge in [0.1, 0.15) is 12.2 Å². The molecule has 6 heteroatoms. The van der Waals surface area contributed by atoms with Crippen LogP contribution in [-0.2, 0) is 7.05 Å². The summed E-state index contributed by atoms with van der Waals surface area (Å²) in [4.78, 5) is 22.2. The number of aromatic nitrogens is 4. The third-order valence-corrected chi connectivity index (χ3v) is 5.28. The zero-order valence-electron chi connectivity index (χ0n) is 15.6. The number of pyridine rings is 1. The summed E-state index contributed by atoms with van der Waals surface area (Å²) in [6.45, 7) is 6.05. The standard InChI is InChI=1S/C20H23N5O/c1-11-5-8-15-16(9-12(2)23-17(15)13(11)3)20(26)24-18(14-6-7-14)19-21-10-22-25(19)4/h5,8-10,14,18H,6-7H2,1-4H3,(H,24,26)/t18-/m0/s1. The Bertz CT molecular complexity index is 1000. The molecular formula is C20H23N5O. The van der Waals surface area contributed by atoms with Gasteiger partial charge in [-0.2, -0.15) is 5.10 Å². The van der Waals surface area contributed by atoms with E-state index in [0.29, 0.717) is 11.5 Å². The number of carbonyl (C=O) groups excluding carboxylic acids is 1. The van der Waals surface area contributed by atoms with Crippen molar-refractivity contribution in [2.45, 2.75) is 39.7 Å². The number of nitrogens with one attached hydrogen (secondary N) is 1. The fourth-order valence-electron chi connectivity index (χ4n) is 3.47. The van der Waals surface area contributed by atoms with Crippen molar-refractivity contribution in [3.63, 3.8) is 0 Å². The number of hydrogen-bond acceptors (Lipinski definition) is 4. The fraction of sp³-hybridized carbons (Fsp3) is 0.400. The molecule has 0 aliphatic heterocycles. The van der Waals surface area contributed by atoms with Gasteiger partial charge in [0.2, 0.25) is 0 Å². The molecule has 0 spiro atoms.